The fourth-order valence-electron chi connectivity index (χ4n) is 4.30. The first-order chi connectivity index (χ1) is 26.7. The number of hydrogen-bond donors (Lipinski definition) is 4. The number of phenolic OH excluding ortho intramolecular Hbond substituents is 2. The van der Waals surface area contributed by atoms with E-state index in [1.54, 1.807) is 0 Å². The predicted molar refractivity (Wildman–Crippen MR) is 196 cm³/mol. The molecule has 6 aromatic rings. The minimum absolute atomic E-state index is 0. The number of anilines is 3. The van der Waals surface area contributed by atoms with Crippen LogP contribution in [0.4, 0.5) is 17.3 Å². The van der Waals surface area contributed by atoms with Gasteiger partial charge in [-0.25, -0.2) is 16.8 Å². The molecule has 0 saturated heterocycles. The van der Waals surface area contributed by atoms with Gasteiger partial charge in [-0.1, -0.05) is 0 Å². The summed E-state index contributed by atoms with van der Waals surface area (Å²) in [6.07, 6.45) is 0. The second-order valence-electron chi connectivity index (χ2n) is 9.88. The van der Waals surface area contributed by atoms with Gasteiger partial charge in [0.2, 0.25) is 32.4 Å². The average Bonchev–Trinajstić information content (AvgIpc) is 3.08. The Morgan fingerprint density at radius 2 is 0.934 bits per heavy atom. The van der Waals surface area contributed by atoms with Crippen molar-refractivity contribution in [3.8, 4) is 11.5 Å². The van der Waals surface area contributed by atoms with Crippen molar-refractivity contribution in [2.45, 2.75) is 19.6 Å². The molecule has 0 bridgehead atoms. The van der Waals surface area contributed by atoms with E-state index in [1.807, 2.05) is 0 Å². The summed E-state index contributed by atoms with van der Waals surface area (Å²) in [5, 5.41) is 49.3. The molecule has 4 aromatic carbocycles. The van der Waals surface area contributed by atoms with E-state index in [2.05, 4.69) is 54.0 Å². The van der Waals surface area contributed by atoms with Crippen molar-refractivity contribution in [1.82, 2.24) is 29.9 Å². The van der Waals surface area contributed by atoms with Gasteiger partial charge < -0.3 is 40.9 Å². The topological polar surface area (TPSA) is 353 Å². The van der Waals surface area contributed by atoms with E-state index in [4.69, 9.17) is 63.7 Å². The van der Waals surface area contributed by atoms with E-state index in [9.17, 15) is 46.7 Å². The standard InChI is InChI=1S/C13H8Cl2N4O7S2.C10H9NO7S2.C3Cl3N3.4Na/c14-11-17-12(15)19-13(18-11)16-8-3-6(27-26-25-21)1-5-2-7(28(22,23)24)4-9(20)10(5)8;11-8-3-6(19-18-17-13)1-5-2-7(20(14,15)16)4-9(12)10(5)8;4-1-7-2(5)9-3(6)8-1;;;;/h1-4,20-21H,(H,22,23,24)(H,16,17,18,19);1-4,12-13H,11H2,(H,14,15,16);;;;;/q;;;4*+1/p-4. The number of nitrogen functional groups attached to an aromatic ring is 1. The van der Waals surface area contributed by atoms with Gasteiger partial charge in [0.05, 0.1) is 39.6 Å². The number of halogens is 5. The second-order valence-corrected chi connectivity index (χ2v) is 15.9. The van der Waals surface area contributed by atoms with Crippen molar-refractivity contribution < 1.29 is 184 Å². The molecule has 35 heteroatoms. The quantitative estimate of drug-likeness (QED) is 0.0247. The monoisotopic (exact) mass is 1060 g/mol. The molecule has 304 valence electrons. The molecule has 5 N–H and O–H groups in total. The zero-order valence-corrected chi connectivity index (χ0v) is 45.7. The maximum atomic E-state index is 11.3. The molecule has 0 aliphatic heterocycles. The van der Waals surface area contributed by atoms with Crippen LogP contribution < -0.4 is 140 Å². The molecule has 0 radical (unpaired) electrons. The van der Waals surface area contributed by atoms with E-state index < -0.39 is 41.5 Å². The molecular formula is C26H13Cl5N8Na4O14S4. The first-order valence-corrected chi connectivity index (χ1v) is 20.0. The molecule has 0 atom stereocenters. The van der Waals surface area contributed by atoms with Gasteiger partial charge >= 0.3 is 118 Å². The number of hydrogen-bond acceptors (Lipinski definition) is 24. The normalized spacial score (nSPS) is 10.7. The molecule has 22 nitrogen and oxygen atoms in total. The summed E-state index contributed by atoms with van der Waals surface area (Å²) in [4.78, 5) is 20.9. The van der Waals surface area contributed by atoms with Crippen LogP contribution in [-0.2, 0) is 39.0 Å². The number of rotatable bonds is 10. The van der Waals surface area contributed by atoms with E-state index in [0.717, 1.165) is 24.3 Å². The molecule has 6 rings (SSSR count). The van der Waals surface area contributed by atoms with Crippen LogP contribution in [0.3, 0.4) is 0 Å². The number of aromatic hydroxyl groups is 2. The van der Waals surface area contributed by atoms with E-state index >= 15 is 0 Å². The van der Waals surface area contributed by atoms with E-state index in [1.165, 1.54) is 24.3 Å². The Balaban J connectivity index is 0.000000957. The van der Waals surface area contributed by atoms with Crippen LogP contribution in [0.5, 0.6) is 11.5 Å². The molecule has 2 heterocycles. The van der Waals surface area contributed by atoms with Gasteiger partial charge in [-0.15, -0.1) is 0 Å². The molecule has 0 saturated carbocycles. The largest absolute Gasteiger partial charge is 1.00 e. The molecule has 0 aliphatic rings. The third-order valence-electron chi connectivity index (χ3n) is 6.26. The van der Waals surface area contributed by atoms with Crippen molar-refractivity contribution in [3.05, 3.63) is 74.9 Å². The number of phenols is 2. The minimum Gasteiger partial charge on any atom is -0.744 e. The third-order valence-corrected chi connectivity index (χ3v) is 9.83. The van der Waals surface area contributed by atoms with Crippen molar-refractivity contribution >= 4 is 141 Å². The summed E-state index contributed by atoms with van der Waals surface area (Å²) < 4.78 is 75.2. The molecule has 0 amide bonds. The number of benzene rings is 4. The molecule has 0 unspecified atom stereocenters. The summed E-state index contributed by atoms with van der Waals surface area (Å²) in [5.41, 5.74) is 5.98. The fraction of sp³-hybridized carbons (Fsp3) is 0. The van der Waals surface area contributed by atoms with Gasteiger partial charge in [0.25, 0.3) is 0 Å². The third kappa shape index (κ3) is 18.9. The Bertz CT molecular complexity index is 2630. The maximum Gasteiger partial charge on any atom is 1.00 e. The Kier molecular flexibility index (Phi) is 28.0. The van der Waals surface area contributed by atoms with Crippen LogP contribution in [0.1, 0.15) is 0 Å². The minimum atomic E-state index is -4.84. The zero-order valence-electron chi connectivity index (χ0n) is 30.7. The van der Waals surface area contributed by atoms with Gasteiger partial charge in [-0.2, -0.15) is 38.6 Å². The van der Waals surface area contributed by atoms with Crippen molar-refractivity contribution in [2.24, 2.45) is 0 Å². The summed E-state index contributed by atoms with van der Waals surface area (Å²) in [5.74, 6) is -1.04. The number of nitrogens with one attached hydrogen (secondary N) is 1. The van der Waals surface area contributed by atoms with Crippen molar-refractivity contribution in [2.75, 3.05) is 11.1 Å². The summed E-state index contributed by atoms with van der Waals surface area (Å²) in [6.45, 7) is 0. The van der Waals surface area contributed by atoms with Crippen LogP contribution in [-0.4, -0.2) is 66.1 Å². The average molecular weight is 1060 g/mol. The maximum absolute atomic E-state index is 11.3. The fourth-order valence-corrected chi connectivity index (χ4v) is 7.24. The van der Waals surface area contributed by atoms with E-state index in [-0.39, 0.29) is 188 Å². The summed E-state index contributed by atoms with van der Waals surface area (Å²) in [7, 11) is -9.56. The first kappa shape index (κ1) is 61.4. The number of fused-ring (bicyclic) bond motifs is 2. The SMILES string of the molecule is Clc1nc(Cl)nc(Cl)n1.Nc1cc(SOO[O-])cc2cc(S(=O)(=O)[O-])cc(O)c12.O=S(=O)([O-])c1cc(O)c2c(Nc3nc(Cl)nc(Cl)n3)cc(SOO[O-])cc2c1.[Na+].[Na+].[Na+].[Na+]. The van der Waals surface area contributed by atoms with Gasteiger partial charge in [0.15, 0.2) is 0 Å². The van der Waals surface area contributed by atoms with Gasteiger partial charge in [0, 0.05) is 26.3 Å². The Hall–Kier alpha value is 0.350. The van der Waals surface area contributed by atoms with Crippen molar-refractivity contribution in [1.29, 1.82) is 0 Å². The second kappa shape index (κ2) is 27.9. The van der Waals surface area contributed by atoms with Crippen LogP contribution >= 0.6 is 82.1 Å². The predicted octanol–water partition coefficient (Wildman–Crippen LogP) is -7.97. The van der Waals surface area contributed by atoms with E-state index in [0.29, 0.717) is 29.0 Å². The molecular weight excluding hydrogens is 1050 g/mol. The Morgan fingerprint density at radius 3 is 1.33 bits per heavy atom. The molecule has 0 fully saturated rings. The zero-order chi connectivity index (χ0) is 42.2. The van der Waals surface area contributed by atoms with Gasteiger partial charge in [-0.05, 0) is 117 Å². The van der Waals surface area contributed by atoms with Gasteiger partial charge in [0.1, 0.15) is 31.7 Å². The Labute approximate surface area is 465 Å². The molecule has 0 aliphatic carbocycles. The van der Waals surface area contributed by atoms with Crippen LogP contribution in [0.25, 0.3) is 21.5 Å². The molecule has 2 aromatic heterocycles. The first-order valence-electron chi connectivity index (χ1n) is 13.8. The number of aromatic nitrogens is 6. The van der Waals surface area contributed by atoms with Crippen molar-refractivity contribution in [3.63, 3.8) is 0 Å². The van der Waals surface area contributed by atoms with Crippen LogP contribution in [0.2, 0.25) is 26.4 Å². The van der Waals surface area contributed by atoms with Crippen LogP contribution in [0.15, 0.2) is 68.1 Å². The summed E-state index contributed by atoms with van der Waals surface area (Å²) in [6, 6.07) is 9.25. The smallest absolute Gasteiger partial charge is 0.744 e. The molecule has 61 heavy (non-hydrogen) atoms. The molecule has 0 spiro atoms. The van der Waals surface area contributed by atoms with Crippen LogP contribution in [0, 0.1) is 0 Å². The number of nitrogens with zero attached hydrogens (tertiary/aromatic N) is 6. The number of nitrogens with two attached hydrogens (primary N) is 1. The Morgan fingerprint density at radius 1 is 0.574 bits per heavy atom. The summed E-state index contributed by atoms with van der Waals surface area (Å²) >= 11 is 28.4. The van der Waals surface area contributed by atoms with Gasteiger partial charge in [-0.3, -0.25) is 10.1 Å².